The Morgan fingerprint density at radius 2 is 1.72 bits per heavy atom. The Morgan fingerprint density at radius 3 is 2.46 bits per heavy atom. The number of hydrogen-bond donors (Lipinski definition) is 4. The third-order valence-electron chi connectivity index (χ3n) is 5.55. The van der Waals surface area contributed by atoms with E-state index in [-0.39, 0.29) is 17.6 Å². The third-order valence-corrected chi connectivity index (χ3v) is 5.55. The van der Waals surface area contributed by atoms with E-state index in [1.54, 1.807) is 41.3 Å². The summed E-state index contributed by atoms with van der Waals surface area (Å²) in [5.74, 6) is 2.40. The second-order valence-corrected chi connectivity index (χ2v) is 8.33. The molecule has 0 spiro atoms. The SMILES string of the molecule is Cc1ccc(-c2nc(N)nc3n[nH]nc23)o1.Nc1nc(-c2ccco2)c2nnn(Cc3cccc(O)c3)c2n1. The fraction of sp³-hybridized carbons (Fsp3) is 0.0833. The zero-order valence-corrected chi connectivity index (χ0v) is 20.3. The molecule has 0 saturated carbocycles. The average Bonchev–Trinajstić information content (AvgIpc) is 3.72. The fourth-order valence-corrected chi connectivity index (χ4v) is 3.89. The molecular formula is C24H20N12O3. The van der Waals surface area contributed by atoms with Crippen LogP contribution >= 0.6 is 0 Å². The maximum absolute atomic E-state index is 9.56. The number of nitrogens with zero attached hydrogens (tertiary/aromatic N) is 9. The van der Waals surface area contributed by atoms with Gasteiger partial charge in [-0.05, 0) is 48.9 Å². The Kier molecular flexibility index (Phi) is 5.76. The lowest BCUT2D eigenvalue weighted by molar-refractivity contribution is 0.474. The van der Waals surface area contributed by atoms with Crippen LogP contribution < -0.4 is 11.5 Å². The molecule has 0 radical (unpaired) electrons. The molecule has 7 aromatic rings. The molecule has 39 heavy (non-hydrogen) atoms. The van der Waals surface area contributed by atoms with Crippen LogP contribution in [-0.4, -0.2) is 55.4 Å². The Hall–Kier alpha value is -5.86. The number of benzene rings is 1. The van der Waals surface area contributed by atoms with Crippen LogP contribution in [0.25, 0.3) is 45.2 Å². The van der Waals surface area contributed by atoms with Crippen LogP contribution in [-0.2, 0) is 6.54 Å². The number of phenols is 1. The van der Waals surface area contributed by atoms with E-state index in [4.69, 9.17) is 20.3 Å². The Morgan fingerprint density at radius 1 is 0.897 bits per heavy atom. The van der Waals surface area contributed by atoms with Crippen molar-refractivity contribution < 1.29 is 13.9 Å². The fourth-order valence-electron chi connectivity index (χ4n) is 3.89. The normalized spacial score (nSPS) is 11.1. The van der Waals surface area contributed by atoms with Crippen molar-refractivity contribution in [2.45, 2.75) is 13.5 Å². The summed E-state index contributed by atoms with van der Waals surface area (Å²) >= 11 is 0. The summed E-state index contributed by atoms with van der Waals surface area (Å²) in [6.45, 7) is 2.26. The first-order chi connectivity index (χ1) is 18.9. The molecule has 1 aromatic carbocycles. The van der Waals surface area contributed by atoms with Crippen LogP contribution in [0.1, 0.15) is 11.3 Å². The highest BCUT2D eigenvalue weighted by atomic mass is 16.3. The molecule has 6 heterocycles. The average molecular weight is 525 g/mol. The number of nitrogens with two attached hydrogens (primary N) is 2. The minimum absolute atomic E-state index is 0.114. The lowest BCUT2D eigenvalue weighted by Gasteiger charge is -2.04. The molecule has 15 heteroatoms. The van der Waals surface area contributed by atoms with Crippen LogP contribution in [0.3, 0.4) is 0 Å². The van der Waals surface area contributed by atoms with Gasteiger partial charge in [0, 0.05) is 0 Å². The summed E-state index contributed by atoms with van der Waals surface area (Å²) in [6, 6.07) is 14.1. The Balaban J connectivity index is 0.000000151. The highest BCUT2D eigenvalue weighted by Gasteiger charge is 2.17. The molecule has 7 rings (SSSR count). The van der Waals surface area contributed by atoms with Crippen LogP contribution in [0.4, 0.5) is 11.9 Å². The first-order valence-electron chi connectivity index (χ1n) is 11.5. The van der Waals surface area contributed by atoms with Crippen molar-refractivity contribution in [2.75, 3.05) is 11.5 Å². The van der Waals surface area contributed by atoms with Crippen molar-refractivity contribution in [3.05, 3.63) is 66.1 Å². The minimum Gasteiger partial charge on any atom is -0.508 e. The van der Waals surface area contributed by atoms with E-state index in [1.807, 2.05) is 25.1 Å². The number of aromatic nitrogens is 10. The largest absolute Gasteiger partial charge is 0.508 e. The van der Waals surface area contributed by atoms with Crippen molar-refractivity contribution in [3.63, 3.8) is 0 Å². The van der Waals surface area contributed by atoms with Gasteiger partial charge in [-0.15, -0.1) is 10.2 Å². The molecule has 6 aromatic heterocycles. The monoisotopic (exact) mass is 524 g/mol. The number of anilines is 2. The minimum atomic E-state index is 0.114. The van der Waals surface area contributed by atoms with Crippen molar-refractivity contribution >= 4 is 34.2 Å². The van der Waals surface area contributed by atoms with Gasteiger partial charge in [-0.2, -0.15) is 20.3 Å². The summed E-state index contributed by atoms with van der Waals surface area (Å²) in [6.07, 6.45) is 1.55. The smallest absolute Gasteiger partial charge is 0.222 e. The summed E-state index contributed by atoms with van der Waals surface area (Å²) in [4.78, 5) is 16.5. The molecule has 0 unspecified atom stereocenters. The molecular weight excluding hydrogens is 504 g/mol. The number of H-pyrrole nitrogens is 1. The van der Waals surface area contributed by atoms with Gasteiger partial charge in [-0.25, -0.2) is 14.6 Å². The third kappa shape index (κ3) is 4.66. The number of phenolic OH excluding ortho intramolecular Hbond substituents is 1. The van der Waals surface area contributed by atoms with Crippen molar-refractivity contribution in [2.24, 2.45) is 0 Å². The van der Waals surface area contributed by atoms with E-state index in [9.17, 15) is 5.11 Å². The van der Waals surface area contributed by atoms with Crippen molar-refractivity contribution in [3.8, 4) is 28.7 Å². The molecule has 0 fully saturated rings. The van der Waals surface area contributed by atoms with Gasteiger partial charge in [0.1, 0.15) is 22.9 Å². The van der Waals surface area contributed by atoms with Crippen LogP contribution in [0.5, 0.6) is 5.75 Å². The van der Waals surface area contributed by atoms with E-state index < -0.39 is 0 Å². The second-order valence-electron chi connectivity index (χ2n) is 8.33. The standard InChI is InChI=1S/C15H12N6O2.C9H8N6O/c16-15-17-12(11-5-2-6-23-11)13-14(18-15)21(20-19-13)8-9-3-1-4-10(22)7-9;1-4-2-3-5(16-4)6-7-8(14-15-13-7)12-9(10)11-6/h1-7,22H,8H2,(H2,16,17,18);2-3H,1H3,(H3,10,11,12,13,14,15). The molecule has 15 nitrogen and oxygen atoms in total. The summed E-state index contributed by atoms with van der Waals surface area (Å²) in [7, 11) is 0. The lowest BCUT2D eigenvalue weighted by atomic mass is 10.2. The first-order valence-corrected chi connectivity index (χ1v) is 11.5. The predicted molar refractivity (Wildman–Crippen MR) is 139 cm³/mol. The zero-order valence-electron chi connectivity index (χ0n) is 20.3. The van der Waals surface area contributed by atoms with Crippen molar-refractivity contribution in [1.82, 2.24) is 50.3 Å². The quantitative estimate of drug-likeness (QED) is 0.260. The molecule has 6 N–H and O–H groups in total. The van der Waals surface area contributed by atoms with Gasteiger partial charge in [0.05, 0.1) is 12.8 Å². The highest BCUT2D eigenvalue weighted by molar-refractivity contribution is 5.86. The lowest BCUT2D eigenvalue weighted by Crippen LogP contribution is -2.05. The van der Waals surface area contributed by atoms with Gasteiger partial charge in [0.2, 0.25) is 17.5 Å². The van der Waals surface area contributed by atoms with Gasteiger partial charge in [-0.3, -0.25) is 0 Å². The molecule has 0 bridgehead atoms. The maximum atomic E-state index is 9.56. The van der Waals surface area contributed by atoms with Crippen LogP contribution in [0.2, 0.25) is 0 Å². The van der Waals surface area contributed by atoms with Gasteiger partial charge >= 0.3 is 0 Å². The maximum Gasteiger partial charge on any atom is 0.222 e. The second kappa shape index (κ2) is 9.55. The number of furan rings is 2. The molecule has 0 atom stereocenters. The van der Waals surface area contributed by atoms with Crippen LogP contribution in [0, 0.1) is 6.92 Å². The zero-order chi connectivity index (χ0) is 26.9. The molecule has 0 aliphatic heterocycles. The summed E-state index contributed by atoms with van der Waals surface area (Å²) < 4.78 is 12.5. The number of aryl methyl sites for hydroxylation is 1. The van der Waals surface area contributed by atoms with Gasteiger partial charge in [0.25, 0.3) is 0 Å². The number of aromatic amines is 1. The topological polar surface area (TPSA) is 222 Å². The summed E-state index contributed by atoms with van der Waals surface area (Å²) in [5.41, 5.74) is 15.3. The number of hydrogen-bond acceptors (Lipinski definition) is 13. The number of nitrogen functional groups attached to an aromatic ring is 2. The predicted octanol–water partition coefficient (Wildman–Crippen LogP) is 2.72. The highest BCUT2D eigenvalue weighted by Crippen LogP contribution is 2.27. The number of fused-ring (bicyclic) bond motifs is 2. The molecule has 0 saturated heterocycles. The number of aromatic hydroxyl groups is 1. The summed E-state index contributed by atoms with van der Waals surface area (Å²) in [5, 5.41) is 28.1. The molecule has 194 valence electrons. The first kappa shape index (κ1) is 23.5. The van der Waals surface area contributed by atoms with Gasteiger partial charge in [0.15, 0.2) is 28.2 Å². The molecule has 0 aliphatic carbocycles. The number of nitrogens with one attached hydrogen (secondary N) is 1. The van der Waals surface area contributed by atoms with Crippen molar-refractivity contribution in [1.29, 1.82) is 0 Å². The Bertz CT molecular complexity index is 1900. The number of rotatable bonds is 4. The van der Waals surface area contributed by atoms with Crippen LogP contribution in [0.15, 0.2) is 63.6 Å². The van der Waals surface area contributed by atoms with E-state index in [1.165, 1.54) is 0 Å². The van der Waals surface area contributed by atoms with E-state index in [0.29, 0.717) is 51.8 Å². The van der Waals surface area contributed by atoms with Gasteiger partial charge < -0.3 is 25.4 Å². The van der Waals surface area contributed by atoms with E-state index in [0.717, 1.165) is 11.3 Å². The Labute approximate surface area is 218 Å². The molecule has 0 aliphatic rings. The van der Waals surface area contributed by atoms with Gasteiger partial charge in [-0.1, -0.05) is 17.3 Å². The van der Waals surface area contributed by atoms with E-state index in [2.05, 4.69) is 45.7 Å². The molecule has 0 amide bonds. The van der Waals surface area contributed by atoms with E-state index >= 15 is 0 Å².